The fourth-order valence-corrected chi connectivity index (χ4v) is 1.87. The second-order valence-electron chi connectivity index (χ2n) is 4.09. The molecule has 0 bridgehead atoms. The molecular weight excluding hydrogens is 190 g/mol. The number of aryl methyl sites for hydroxylation is 1. The summed E-state index contributed by atoms with van der Waals surface area (Å²) in [5.41, 5.74) is 7.93. The van der Waals surface area contributed by atoms with E-state index in [1.807, 2.05) is 6.92 Å². The van der Waals surface area contributed by atoms with Crippen LogP contribution in [-0.4, -0.2) is 23.2 Å². The van der Waals surface area contributed by atoms with Gasteiger partial charge in [0.25, 0.3) is 0 Å². The summed E-state index contributed by atoms with van der Waals surface area (Å²) in [5.74, 6) is 0.385. The topological polar surface area (TPSA) is 61.0 Å². The van der Waals surface area contributed by atoms with E-state index in [2.05, 4.69) is 9.97 Å². The molecule has 0 spiro atoms. The largest absolute Gasteiger partial charge is 0.381 e. The number of aromatic nitrogens is 2. The van der Waals surface area contributed by atoms with Crippen molar-refractivity contribution in [2.75, 3.05) is 13.2 Å². The van der Waals surface area contributed by atoms with Gasteiger partial charge < -0.3 is 10.5 Å². The third-order valence-electron chi connectivity index (χ3n) is 2.85. The Labute approximate surface area is 89.9 Å². The lowest BCUT2D eigenvalue weighted by atomic mass is 9.92. The number of ether oxygens (including phenoxy) is 1. The summed E-state index contributed by atoms with van der Waals surface area (Å²) in [5, 5.41) is 0. The molecule has 2 N–H and O–H groups in total. The summed E-state index contributed by atoms with van der Waals surface area (Å²) < 4.78 is 5.42. The van der Waals surface area contributed by atoms with Crippen LogP contribution >= 0.6 is 0 Å². The molecule has 82 valence electrons. The zero-order valence-electron chi connectivity index (χ0n) is 9.02. The first-order valence-electron chi connectivity index (χ1n) is 5.39. The van der Waals surface area contributed by atoms with Crippen LogP contribution < -0.4 is 5.73 Å². The van der Waals surface area contributed by atoms with E-state index in [4.69, 9.17) is 10.5 Å². The van der Waals surface area contributed by atoms with Gasteiger partial charge >= 0.3 is 0 Å². The quantitative estimate of drug-likeness (QED) is 0.792. The minimum atomic E-state index is -0.0431. The van der Waals surface area contributed by atoms with Crippen molar-refractivity contribution in [2.45, 2.75) is 25.8 Å². The maximum Gasteiger partial charge on any atom is 0.0757 e. The highest BCUT2D eigenvalue weighted by Crippen LogP contribution is 2.25. The molecule has 1 saturated heterocycles. The van der Waals surface area contributed by atoms with Crippen molar-refractivity contribution in [3.05, 3.63) is 23.8 Å². The number of nitrogens with two attached hydrogens (primary N) is 1. The summed E-state index contributed by atoms with van der Waals surface area (Å²) in [6.07, 6.45) is 5.75. The first kappa shape index (κ1) is 10.5. The van der Waals surface area contributed by atoms with E-state index in [-0.39, 0.29) is 6.04 Å². The number of rotatable bonds is 2. The molecule has 2 rings (SSSR count). The van der Waals surface area contributed by atoms with Crippen LogP contribution in [0.3, 0.4) is 0 Å². The number of hydrogen-bond acceptors (Lipinski definition) is 4. The van der Waals surface area contributed by atoms with Gasteiger partial charge in [0, 0.05) is 18.7 Å². The van der Waals surface area contributed by atoms with Gasteiger partial charge in [-0.2, -0.15) is 0 Å². The van der Waals surface area contributed by atoms with Crippen molar-refractivity contribution in [3.63, 3.8) is 0 Å². The molecule has 0 radical (unpaired) electrons. The lowest BCUT2D eigenvalue weighted by Crippen LogP contribution is -2.29. The van der Waals surface area contributed by atoms with Crippen LogP contribution in [0, 0.1) is 12.8 Å². The maximum atomic E-state index is 6.14. The van der Waals surface area contributed by atoms with Gasteiger partial charge in [-0.25, -0.2) is 0 Å². The van der Waals surface area contributed by atoms with Gasteiger partial charge in [-0.15, -0.1) is 0 Å². The Morgan fingerprint density at radius 2 is 2.33 bits per heavy atom. The predicted molar refractivity (Wildman–Crippen MR) is 57.2 cm³/mol. The zero-order valence-corrected chi connectivity index (χ0v) is 9.02. The van der Waals surface area contributed by atoms with Gasteiger partial charge in [-0.1, -0.05) is 0 Å². The van der Waals surface area contributed by atoms with Crippen LogP contribution in [0.5, 0.6) is 0 Å². The highest BCUT2D eigenvalue weighted by molar-refractivity contribution is 5.06. The van der Waals surface area contributed by atoms with E-state index < -0.39 is 0 Å². The van der Waals surface area contributed by atoms with Crippen LogP contribution in [0.15, 0.2) is 12.4 Å². The third-order valence-corrected chi connectivity index (χ3v) is 2.85. The summed E-state index contributed by atoms with van der Waals surface area (Å²) in [6, 6.07) is -0.0431. The van der Waals surface area contributed by atoms with E-state index >= 15 is 0 Å². The van der Waals surface area contributed by atoms with Gasteiger partial charge in [0.05, 0.1) is 30.2 Å². The van der Waals surface area contributed by atoms with Crippen molar-refractivity contribution in [1.29, 1.82) is 0 Å². The molecule has 1 aliphatic heterocycles. The summed E-state index contributed by atoms with van der Waals surface area (Å²) in [7, 11) is 0. The Balaban J connectivity index is 2.05. The zero-order chi connectivity index (χ0) is 10.7. The first-order valence-corrected chi connectivity index (χ1v) is 5.39. The van der Waals surface area contributed by atoms with Gasteiger partial charge in [0.1, 0.15) is 0 Å². The highest BCUT2D eigenvalue weighted by atomic mass is 16.5. The van der Waals surface area contributed by atoms with E-state index in [1.54, 1.807) is 12.4 Å². The van der Waals surface area contributed by atoms with Gasteiger partial charge in [0.15, 0.2) is 0 Å². The fourth-order valence-electron chi connectivity index (χ4n) is 1.87. The molecule has 0 aromatic carbocycles. The Kier molecular flexibility index (Phi) is 3.28. The first-order chi connectivity index (χ1) is 7.27. The standard InChI is InChI=1S/C11H17N3O/c1-8-5-14-10(6-13-8)11(12)9-3-2-4-15-7-9/h5-6,9,11H,2-4,7,12H2,1H3. The molecular formula is C11H17N3O. The molecule has 2 unspecified atom stereocenters. The Morgan fingerprint density at radius 3 is 2.93 bits per heavy atom. The number of hydrogen-bond donors (Lipinski definition) is 1. The minimum Gasteiger partial charge on any atom is -0.381 e. The SMILES string of the molecule is Cc1cnc(C(N)C2CCCOC2)cn1. The molecule has 2 heterocycles. The Morgan fingerprint density at radius 1 is 1.47 bits per heavy atom. The predicted octanol–water partition coefficient (Wildman–Crippen LogP) is 1.21. The van der Waals surface area contributed by atoms with Crippen LogP contribution in [-0.2, 0) is 4.74 Å². The average molecular weight is 207 g/mol. The molecule has 1 aliphatic rings. The Hall–Kier alpha value is -1.00. The molecule has 1 aromatic rings. The normalized spacial score (nSPS) is 23.7. The summed E-state index contributed by atoms with van der Waals surface area (Å²) in [4.78, 5) is 8.52. The Bertz CT molecular complexity index is 306. The number of nitrogens with zero attached hydrogens (tertiary/aromatic N) is 2. The van der Waals surface area contributed by atoms with E-state index in [0.29, 0.717) is 5.92 Å². The van der Waals surface area contributed by atoms with Gasteiger partial charge in [-0.05, 0) is 19.8 Å². The van der Waals surface area contributed by atoms with Crippen molar-refractivity contribution < 1.29 is 4.74 Å². The molecule has 15 heavy (non-hydrogen) atoms. The highest BCUT2D eigenvalue weighted by Gasteiger charge is 2.23. The molecule has 0 aliphatic carbocycles. The average Bonchev–Trinajstić information content (AvgIpc) is 2.30. The lowest BCUT2D eigenvalue weighted by Gasteiger charge is -2.26. The monoisotopic (exact) mass is 207 g/mol. The summed E-state index contributed by atoms with van der Waals surface area (Å²) >= 11 is 0. The fraction of sp³-hybridized carbons (Fsp3) is 0.636. The van der Waals surface area contributed by atoms with Crippen LogP contribution in [0.1, 0.15) is 30.3 Å². The van der Waals surface area contributed by atoms with Crippen molar-refractivity contribution in [1.82, 2.24) is 9.97 Å². The lowest BCUT2D eigenvalue weighted by molar-refractivity contribution is 0.0442. The molecule has 4 heteroatoms. The molecule has 0 amide bonds. The van der Waals surface area contributed by atoms with Crippen molar-refractivity contribution >= 4 is 0 Å². The summed E-state index contributed by atoms with van der Waals surface area (Å²) in [6.45, 7) is 3.53. The molecule has 0 saturated carbocycles. The van der Waals surface area contributed by atoms with Crippen LogP contribution in [0.4, 0.5) is 0 Å². The third kappa shape index (κ3) is 2.52. The van der Waals surface area contributed by atoms with Crippen LogP contribution in [0.25, 0.3) is 0 Å². The molecule has 2 atom stereocenters. The smallest absolute Gasteiger partial charge is 0.0757 e. The van der Waals surface area contributed by atoms with E-state index in [9.17, 15) is 0 Å². The van der Waals surface area contributed by atoms with Crippen molar-refractivity contribution in [2.24, 2.45) is 11.7 Å². The van der Waals surface area contributed by atoms with Crippen molar-refractivity contribution in [3.8, 4) is 0 Å². The molecule has 1 fully saturated rings. The van der Waals surface area contributed by atoms with Crippen LogP contribution in [0.2, 0.25) is 0 Å². The molecule has 4 nitrogen and oxygen atoms in total. The van der Waals surface area contributed by atoms with Gasteiger partial charge in [0.2, 0.25) is 0 Å². The van der Waals surface area contributed by atoms with E-state index in [0.717, 1.165) is 37.4 Å². The second-order valence-corrected chi connectivity index (χ2v) is 4.09. The van der Waals surface area contributed by atoms with E-state index in [1.165, 1.54) is 0 Å². The molecule has 1 aromatic heterocycles. The van der Waals surface area contributed by atoms with Gasteiger partial charge in [-0.3, -0.25) is 9.97 Å². The second kappa shape index (κ2) is 4.68. The minimum absolute atomic E-state index is 0.0431. The maximum absolute atomic E-state index is 6.14.